The lowest BCUT2D eigenvalue weighted by atomic mass is 10.1. The van der Waals surface area contributed by atoms with Crippen LogP contribution in [-0.4, -0.2) is 57.9 Å². The van der Waals surface area contributed by atoms with E-state index in [4.69, 9.17) is 20.3 Å². The van der Waals surface area contributed by atoms with Crippen LogP contribution in [0.1, 0.15) is 31.2 Å². The number of benzene rings is 2. The maximum atomic E-state index is 13.7. The summed E-state index contributed by atoms with van der Waals surface area (Å²) >= 11 is 0. The van der Waals surface area contributed by atoms with Crippen LogP contribution in [0.2, 0.25) is 0 Å². The lowest BCUT2D eigenvalue weighted by Gasteiger charge is -2.29. The molecule has 1 amide bonds. The molecule has 6 rings (SSSR count). The Morgan fingerprint density at radius 2 is 1.74 bits per heavy atom. The number of hydrogen-bond acceptors (Lipinski definition) is 9. The van der Waals surface area contributed by atoms with Gasteiger partial charge in [-0.05, 0) is 54.8 Å². The number of rotatable bonds is 5. The average Bonchev–Trinajstić information content (AvgIpc) is 3.51. The fraction of sp³-hybridized carbons (Fsp3) is 0.300. The van der Waals surface area contributed by atoms with Crippen molar-refractivity contribution < 1.29 is 28.2 Å². The molecule has 42 heavy (non-hydrogen) atoms. The summed E-state index contributed by atoms with van der Waals surface area (Å²) in [6.45, 7) is 0.462. The second-order valence-electron chi connectivity index (χ2n) is 10.5. The quantitative estimate of drug-likeness (QED) is 0.358. The maximum Gasteiger partial charge on any atom is 0.354 e. The zero-order valence-corrected chi connectivity index (χ0v) is 22.9. The van der Waals surface area contributed by atoms with Crippen molar-refractivity contribution in [2.75, 3.05) is 23.4 Å². The van der Waals surface area contributed by atoms with Gasteiger partial charge in [-0.3, -0.25) is 14.4 Å². The molecule has 2 fully saturated rings. The highest BCUT2D eigenvalue weighted by Gasteiger charge is 2.60. The van der Waals surface area contributed by atoms with Crippen LogP contribution >= 0.6 is 0 Å². The molecule has 1 spiro atoms. The van der Waals surface area contributed by atoms with Crippen LogP contribution in [0.3, 0.4) is 0 Å². The Morgan fingerprint density at radius 3 is 2.43 bits per heavy atom. The third kappa shape index (κ3) is 5.05. The van der Waals surface area contributed by atoms with E-state index in [-0.39, 0.29) is 25.2 Å². The van der Waals surface area contributed by atoms with Gasteiger partial charge >= 0.3 is 23.6 Å². The summed E-state index contributed by atoms with van der Waals surface area (Å²) in [5, 5.41) is 4.76. The fourth-order valence-electron chi connectivity index (χ4n) is 5.27. The second kappa shape index (κ2) is 10.9. The van der Waals surface area contributed by atoms with Gasteiger partial charge in [-0.2, -0.15) is 0 Å². The van der Waals surface area contributed by atoms with Gasteiger partial charge in [-0.1, -0.05) is 24.3 Å². The predicted molar refractivity (Wildman–Crippen MR) is 151 cm³/mol. The van der Waals surface area contributed by atoms with E-state index in [9.17, 15) is 18.8 Å². The van der Waals surface area contributed by atoms with Crippen molar-refractivity contribution in [3.8, 4) is 11.3 Å². The van der Waals surface area contributed by atoms with Gasteiger partial charge in [-0.25, -0.2) is 13.9 Å². The van der Waals surface area contributed by atoms with Crippen LogP contribution in [0.4, 0.5) is 15.9 Å². The number of halogens is 1. The molecule has 1 atom stereocenters. The third-order valence-corrected chi connectivity index (χ3v) is 7.48. The SMILES string of the molecule is CN(Cc1cccc(F)c1)c1ccc2ncc(-c3ccc(N4C[C@H](N)C5(OC(=O)CCCCC(=O)O5)C4=O)cc3)n2n1. The first-order valence-corrected chi connectivity index (χ1v) is 13.7. The molecule has 4 aromatic rings. The zero-order valence-electron chi connectivity index (χ0n) is 22.9. The van der Waals surface area contributed by atoms with Crippen molar-refractivity contribution in [1.82, 2.24) is 14.6 Å². The molecule has 2 aliphatic heterocycles. The molecule has 2 aromatic carbocycles. The van der Waals surface area contributed by atoms with E-state index in [0.717, 1.165) is 16.8 Å². The summed E-state index contributed by atoms with van der Waals surface area (Å²) in [4.78, 5) is 46.0. The maximum absolute atomic E-state index is 13.7. The van der Waals surface area contributed by atoms with Crippen molar-refractivity contribution in [2.45, 2.75) is 44.1 Å². The van der Waals surface area contributed by atoms with Gasteiger partial charge in [0.05, 0.1) is 11.9 Å². The van der Waals surface area contributed by atoms with E-state index < -0.39 is 29.7 Å². The number of hydrogen-bond donors (Lipinski definition) is 1. The first kappa shape index (κ1) is 27.3. The summed E-state index contributed by atoms with van der Waals surface area (Å²) in [6.07, 6.45) is 2.77. The Kier molecular flexibility index (Phi) is 7.07. The molecule has 0 unspecified atom stereocenters. The van der Waals surface area contributed by atoms with Crippen LogP contribution in [0, 0.1) is 5.82 Å². The molecule has 4 heterocycles. The van der Waals surface area contributed by atoms with Crippen molar-refractivity contribution in [3.63, 3.8) is 0 Å². The van der Waals surface area contributed by atoms with Crippen LogP contribution in [0.25, 0.3) is 16.9 Å². The van der Waals surface area contributed by atoms with Gasteiger partial charge in [-0.15, -0.1) is 5.10 Å². The van der Waals surface area contributed by atoms with E-state index in [1.807, 2.05) is 42.3 Å². The largest absolute Gasteiger partial charge is 0.412 e. The first-order chi connectivity index (χ1) is 20.2. The standard InChI is InChI=1S/C30H29FN6O5/c1-35(17-19-5-4-6-21(31)15-19)26-14-13-25-33-16-23(37(25)34-26)20-9-11-22(12-10-20)36-18-24(32)30(29(36)40)41-27(38)7-2-3-8-28(39)42-30/h4-6,9-16,24H,2-3,7-8,17-18,32H2,1H3/t24-/m0/s1. The minimum atomic E-state index is -2.18. The number of carbonyl (C=O) groups is 3. The number of nitrogens with two attached hydrogens (primary N) is 1. The van der Waals surface area contributed by atoms with Crippen LogP contribution in [-0.2, 0) is 30.4 Å². The smallest absolute Gasteiger partial charge is 0.354 e. The summed E-state index contributed by atoms with van der Waals surface area (Å²) in [6, 6.07) is 16.2. The van der Waals surface area contributed by atoms with Gasteiger partial charge in [0, 0.05) is 44.2 Å². The normalized spacial score (nSPS) is 18.9. The van der Waals surface area contributed by atoms with E-state index in [2.05, 4.69) is 4.98 Å². The van der Waals surface area contributed by atoms with Gasteiger partial charge < -0.3 is 25.0 Å². The number of imidazole rings is 1. The van der Waals surface area contributed by atoms with E-state index in [0.29, 0.717) is 36.5 Å². The molecule has 2 N–H and O–H groups in total. The van der Waals surface area contributed by atoms with Crippen LogP contribution in [0.5, 0.6) is 0 Å². The highest BCUT2D eigenvalue weighted by molar-refractivity contribution is 6.04. The molecule has 0 aliphatic carbocycles. The molecule has 2 aliphatic rings. The predicted octanol–water partition coefficient (Wildman–Crippen LogP) is 3.20. The topological polar surface area (TPSA) is 132 Å². The molecule has 11 nitrogen and oxygen atoms in total. The Balaban J connectivity index is 1.25. The fourth-order valence-corrected chi connectivity index (χ4v) is 5.27. The monoisotopic (exact) mass is 572 g/mol. The van der Waals surface area contributed by atoms with Gasteiger partial charge in [0.2, 0.25) is 0 Å². The number of fused-ring (bicyclic) bond motifs is 1. The van der Waals surface area contributed by atoms with Gasteiger partial charge in [0.15, 0.2) is 5.65 Å². The summed E-state index contributed by atoms with van der Waals surface area (Å²) in [5.74, 6) is -3.77. The molecular weight excluding hydrogens is 543 g/mol. The van der Waals surface area contributed by atoms with Gasteiger partial charge in [0.25, 0.3) is 0 Å². The minimum absolute atomic E-state index is 0.00306. The number of anilines is 2. The number of carbonyl (C=O) groups excluding carboxylic acids is 3. The number of esters is 2. The highest BCUT2D eigenvalue weighted by atomic mass is 19.1. The van der Waals surface area contributed by atoms with E-state index in [1.165, 1.54) is 17.0 Å². The zero-order chi connectivity index (χ0) is 29.4. The molecule has 2 aromatic heterocycles. The molecular formula is C30H29FN6O5. The number of nitrogens with zero attached hydrogens (tertiary/aromatic N) is 5. The Labute approximate surface area is 240 Å². The lowest BCUT2D eigenvalue weighted by molar-refractivity contribution is -0.224. The highest BCUT2D eigenvalue weighted by Crippen LogP contribution is 2.34. The van der Waals surface area contributed by atoms with Crippen molar-refractivity contribution >= 4 is 35.0 Å². The Bertz CT molecular complexity index is 1650. The average molecular weight is 573 g/mol. The number of ether oxygens (including phenoxy) is 2. The van der Waals surface area contributed by atoms with Gasteiger partial charge in [0.1, 0.15) is 17.7 Å². The van der Waals surface area contributed by atoms with Crippen molar-refractivity contribution in [1.29, 1.82) is 0 Å². The number of amides is 1. The first-order valence-electron chi connectivity index (χ1n) is 13.7. The summed E-state index contributed by atoms with van der Waals surface area (Å²) in [5.41, 5.74) is 9.73. The third-order valence-electron chi connectivity index (χ3n) is 7.48. The lowest BCUT2D eigenvalue weighted by Crippen LogP contribution is -2.56. The number of aromatic nitrogens is 3. The van der Waals surface area contributed by atoms with E-state index in [1.54, 1.807) is 28.9 Å². The van der Waals surface area contributed by atoms with Crippen LogP contribution in [0.15, 0.2) is 66.9 Å². The van der Waals surface area contributed by atoms with Crippen molar-refractivity contribution in [3.05, 3.63) is 78.2 Å². The molecule has 12 heteroatoms. The molecule has 0 saturated carbocycles. The molecule has 0 radical (unpaired) electrons. The molecule has 0 bridgehead atoms. The van der Waals surface area contributed by atoms with E-state index >= 15 is 0 Å². The summed E-state index contributed by atoms with van der Waals surface area (Å²) < 4.78 is 26.2. The minimum Gasteiger partial charge on any atom is -0.412 e. The second-order valence-corrected chi connectivity index (χ2v) is 10.5. The Morgan fingerprint density at radius 1 is 1.02 bits per heavy atom. The van der Waals surface area contributed by atoms with Crippen LogP contribution < -0.4 is 15.5 Å². The summed E-state index contributed by atoms with van der Waals surface area (Å²) in [7, 11) is 1.88. The van der Waals surface area contributed by atoms with Crippen molar-refractivity contribution in [2.24, 2.45) is 5.73 Å². The molecule has 216 valence electrons. The molecule has 2 saturated heterocycles. The Hall–Kier alpha value is -4.84.